The normalized spacial score (nSPS) is 18.3. The fraction of sp³-hybridized carbons (Fsp3) is 0.414. The molecule has 0 unspecified atom stereocenters. The van der Waals surface area contributed by atoms with Crippen molar-refractivity contribution >= 4 is 33.3 Å². The Morgan fingerprint density at radius 3 is 2.42 bits per heavy atom. The zero-order valence-electron chi connectivity index (χ0n) is 25.1. The average molecular weight is 653 g/mol. The van der Waals surface area contributed by atoms with Gasteiger partial charge in [0, 0.05) is 49.7 Å². The number of benzene rings is 2. The van der Waals surface area contributed by atoms with Crippen molar-refractivity contribution < 1.29 is 41.0 Å². The first-order chi connectivity index (χ1) is 21.1. The minimum absolute atomic E-state index is 0.0788. The second-order valence-electron chi connectivity index (χ2n) is 11.0. The van der Waals surface area contributed by atoms with Gasteiger partial charge in [0.25, 0.3) is 10.0 Å². The summed E-state index contributed by atoms with van der Waals surface area (Å²) in [5, 5.41) is 14.8. The van der Waals surface area contributed by atoms with Crippen LogP contribution in [0.15, 0.2) is 60.0 Å². The number of hydrogen-bond donors (Lipinski definition) is 3. The van der Waals surface area contributed by atoms with Crippen molar-refractivity contribution in [3.05, 3.63) is 66.1 Å². The van der Waals surface area contributed by atoms with Crippen LogP contribution in [0.5, 0.6) is 5.75 Å². The van der Waals surface area contributed by atoms with E-state index in [0.717, 1.165) is 28.6 Å². The number of amides is 3. The Balaban J connectivity index is 1.58. The molecule has 0 saturated carbocycles. The third-order valence-electron chi connectivity index (χ3n) is 7.44. The Hall–Kier alpha value is -4.15. The van der Waals surface area contributed by atoms with Crippen LogP contribution >= 0.6 is 0 Å². The number of urea groups is 1. The quantitative estimate of drug-likeness (QED) is 0.338. The van der Waals surface area contributed by atoms with Gasteiger partial charge in [-0.3, -0.25) is 4.79 Å². The largest absolute Gasteiger partial charge is 0.488 e. The molecule has 12 nitrogen and oxygen atoms in total. The fourth-order valence-electron chi connectivity index (χ4n) is 4.79. The second kappa shape index (κ2) is 13.5. The van der Waals surface area contributed by atoms with Crippen LogP contribution in [0, 0.1) is 5.92 Å². The number of rotatable bonds is 8. The van der Waals surface area contributed by atoms with E-state index in [1.807, 2.05) is 6.92 Å². The minimum atomic E-state index is -4.51. The number of fused-ring (bicyclic) bond motifs is 1. The molecule has 0 saturated heterocycles. The van der Waals surface area contributed by atoms with E-state index in [0.29, 0.717) is 11.3 Å². The highest BCUT2D eigenvalue weighted by Gasteiger charge is 2.34. The lowest BCUT2D eigenvalue weighted by atomic mass is 10.0. The monoisotopic (exact) mass is 652 g/mol. The van der Waals surface area contributed by atoms with Crippen LogP contribution in [0.4, 0.5) is 29.3 Å². The number of imidazole rings is 1. The van der Waals surface area contributed by atoms with Gasteiger partial charge in [-0.1, -0.05) is 6.92 Å². The number of hydrogen-bond acceptors (Lipinski definition) is 7. The van der Waals surface area contributed by atoms with Crippen molar-refractivity contribution in [1.29, 1.82) is 0 Å². The predicted octanol–water partition coefficient (Wildman–Crippen LogP) is 3.55. The van der Waals surface area contributed by atoms with E-state index in [-0.39, 0.29) is 54.3 Å². The molecule has 3 amide bonds. The van der Waals surface area contributed by atoms with E-state index < -0.39 is 39.9 Å². The number of ether oxygens (including phenoxy) is 1. The number of sulfonamides is 1. The number of alkyl halides is 3. The lowest BCUT2D eigenvalue weighted by Gasteiger charge is -2.33. The summed E-state index contributed by atoms with van der Waals surface area (Å²) < 4.78 is 74.0. The molecule has 1 aliphatic heterocycles. The number of likely N-dealkylation sites (N-methyl/N-ethyl adjacent to an activating group) is 1. The second-order valence-corrected chi connectivity index (χ2v) is 13.0. The summed E-state index contributed by atoms with van der Waals surface area (Å²) in [5.41, 5.74) is -0.0442. The molecule has 0 bridgehead atoms. The van der Waals surface area contributed by atoms with Gasteiger partial charge in [-0.15, -0.1) is 0 Å². The van der Waals surface area contributed by atoms with Gasteiger partial charge >= 0.3 is 12.2 Å². The zero-order valence-corrected chi connectivity index (χ0v) is 25.9. The predicted molar refractivity (Wildman–Crippen MR) is 159 cm³/mol. The van der Waals surface area contributed by atoms with Crippen LogP contribution in [0.25, 0.3) is 0 Å². The summed E-state index contributed by atoms with van der Waals surface area (Å²) in [4.78, 5) is 31.6. The smallest absolute Gasteiger partial charge is 0.416 e. The number of carbonyl (C=O) groups excluding carboxylic acids is 2. The van der Waals surface area contributed by atoms with Gasteiger partial charge in [0.05, 0.1) is 37.5 Å². The topological polar surface area (TPSA) is 146 Å². The molecule has 244 valence electrons. The van der Waals surface area contributed by atoms with Gasteiger partial charge < -0.3 is 29.9 Å². The molecule has 3 aromatic rings. The molecule has 16 heteroatoms. The third kappa shape index (κ3) is 8.12. The SMILES string of the molecule is C[C@@H]1CN([C@H](C)CO)C(=O)Cc2cc(NC(=O)Nc3ccc(C(F)(F)F)cc3)ccc2O[C@H]1CN(C)S(=O)(=O)c1cn(C)cn1. The van der Waals surface area contributed by atoms with Crippen LogP contribution in [0.1, 0.15) is 25.0 Å². The van der Waals surface area contributed by atoms with Crippen molar-refractivity contribution in [1.82, 2.24) is 18.8 Å². The van der Waals surface area contributed by atoms with E-state index in [1.165, 1.54) is 41.2 Å². The first-order valence-electron chi connectivity index (χ1n) is 14.0. The molecule has 2 aromatic carbocycles. The number of nitrogens with zero attached hydrogens (tertiary/aromatic N) is 4. The van der Waals surface area contributed by atoms with Gasteiger partial charge in [0.2, 0.25) is 5.91 Å². The molecule has 1 aromatic heterocycles. The molecule has 0 radical (unpaired) electrons. The van der Waals surface area contributed by atoms with Gasteiger partial charge in [-0.25, -0.2) is 18.2 Å². The number of anilines is 2. The molecule has 1 aliphatic rings. The number of halogens is 3. The first-order valence-corrected chi connectivity index (χ1v) is 15.4. The van der Waals surface area contributed by atoms with Crippen LogP contribution in [0.3, 0.4) is 0 Å². The van der Waals surface area contributed by atoms with E-state index in [1.54, 1.807) is 20.0 Å². The average Bonchev–Trinajstić information content (AvgIpc) is 3.43. The molecule has 0 aliphatic carbocycles. The molecule has 45 heavy (non-hydrogen) atoms. The van der Waals surface area contributed by atoms with Crippen molar-refractivity contribution in [2.45, 2.75) is 43.6 Å². The van der Waals surface area contributed by atoms with Crippen molar-refractivity contribution in [3.63, 3.8) is 0 Å². The Morgan fingerprint density at radius 2 is 1.82 bits per heavy atom. The lowest BCUT2D eigenvalue weighted by molar-refractivity contribution is -0.137. The van der Waals surface area contributed by atoms with Gasteiger partial charge in [-0.2, -0.15) is 17.5 Å². The van der Waals surface area contributed by atoms with Crippen molar-refractivity contribution in [2.75, 3.05) is 37.4 Å². The summed E-state index contributed by atoms with van der Waals surface area (Å²) in [6.45, 7) is 3.32. The Morgan fingerprint density at radius 1 is 1.18 bits per heavy atom. The summed E-state index contributed by atoms with van der Waals surface area (Å²) in [5.74, 6) is -0.381. The molecule has 3 atom stereocenters. The molecular formula is C29H35F3N6O6S. The highest BCUT2D eigenvalue weighted by Crippen LogP contribution is 2.31. The zero-order chi connectivity index (χ0) is 33.1. The van der Waals surface area contributed by atoms with Crippen molar-refractivity contribution in [2.24, 2.45) is 13.0 Å². The van der Waals surface area contributed by atoms with Gasteiger partial charge in [0.1, 0.15) is 11.9 Å². The summed E-state index contributed by atoms with van der Waals surface area (Å²) >= 11 is 0. The van der Waals surface area contributed by atoms with E-state index in [4.69, 9.17) is 4.74 Å². The Labute approximate surface area is 258 Å². The number of aliphatic hydroxyl groups excluding tert-OH is 1. The van der Waals surface area contributed by atoms with Crippen LogP contribution in [-0.4, -0.2) is 83.1 Å². The number of carbonyl (C=O) groups is 2. The van der Waals surface area contributed by atoms with Crippen LogP contribution < -0.4 is 15.4 Å². The summed E-state index contributed by atoms with van der Waals surface area (Å²) in [6.07, 6.45) is -2.61. The highest BCUT2D eigenvalue weighted by molar-refractivity contribution is 7.89. The highest BCUT2D eigenvalue weighted by atomic mass is 32.2. The van der Waals surface area contributed by atoms with Crippen molar-refractivity contribution in [3.8, 4) is 5.75 Å². The van der Waals surface area contributed by atoms with Gasteiger partial charge in [0.15, 0.2) is 5.03 Å². The molecule has 3 N–H and O–H groups in total. The number of nitrogens with one attached hydrogen (secondary N) is 2. The maximum absolute atomic E-state index is 13.4. The van der Waals surface area contributed by atoms with E-state index >= 15 is 0 Å². The fourth-order valence-corrected chi connectivity index (χ4v) is 5.94. The summed E-state index contributed by atoms with van der Waals surface area (Å²) in [7, 11) is -0.892. The molecule has 2 heterocycles. The maximum atomic E-state index is 13.4. The lowest BCUT2D eigenvalue weighted by Crippen LogP contribution is -2.48. The number of aryl methyl sites for hydroxylation is 1. The molecule has 4 rings (SSSR count). The van der Waals surface area contributed by atoms with Crippen LogP contribution in [0.2, 0.25) is 0 Å². The first kappa shape index (κ1) is 33.7. The molecular weight excluding hydrogens is 617 g/mol. The Kier molecular flexibility index (Phi) is 10.1. The van der Waals surface area contributed by atoms with Crippen LogP contribution in [-0.2, 0) is 34.5 Å². The Bertz CT molecular complexity index is 1630. The standard InChI is InChI=1S/C29H35F3N6O6S/c1-18-13-38(19(2)16-39)27(40)12-20-11-23(35-28(41)34-22-7-5-21(6-8-22)29(30,31)32)9-10-24(20)44-25(18)14-37(4)45(42,43)26-15-36(3)17-33-26/h5-11,15,17-19,25,39H,12-14,16H2,1-4H3,(H2,34,35,41)/t18-,19-,25+/m1/s1. The number of aromatic nitrogens is 2. The van der Waals surface area contributed by atoms with E-state index in [2.05, 4.69) is 15.6 Å². The minimum Gasteiger partial charge on any atom is -0.488 e. The van der Waals surface area contributed by atoms with E-state index in [9.17, 15) is 36.3 Å². The molecule has 0 fully saturated rings. The molecule has 0 spiro atoms. The summed E-state index contributed by atoms with van der Waals surface area (Å²) in [6, 6.07) is 7.30. The number of aliphatic hydroxyl groups is 1. The van der Waals surface area contributed by atoms with Gasteiger partial charge in [-0.05, 0) is 49.4 Å². The maximum Gasteiger partial charge on any atom is 0.416 e. The third-order valence-corrected chi connectivity index (χ3v) is 9.15.